The van der Waals surface area contributed by atoms with Crippen LogP contribution in [0.25, 0.3) is 0 Å². The van der Waals surface area contributed by atoms with Gasteiger partial charge in [0.25, 0.3) is 0 Å². The average Bonchev–Trinajstić information content (AvgIpc) is 2.16. The molecule has 0 unspecified atom stereocenters. The molecule has 0 heterocycles. The number of aliphatic hydroxyl groups is 1. The van der Waals surface area contributed by atoms with Crippen molar-refractivity contribution < 1.29 is 14.6 Å². The fourth-order valence-corrected chi connectivity index (χ4v) is 1.08. The standard InChI is InChI=1S/C11H20O3/c1-3-5-6-7-10(12)8-9-11(13)14-4-2/h8-10,12H,3-7H2,1-2H3/b9-8+/t10-/m1/s1. The van der Waals surface area contributed by atoms with Crippen molar-refractivity contribution in [3.63, 3.8) is 0 Å². The normalized spacial score (nSPS) is 13.1. The number of unbranched alkanes of at least 4 members (excludes halogenated alkanes) is 2. The topological polar surface area (TPSA) is 46.5 Å². The van der Waals surface area contributed by atoms with E-state index < -0.39 is 6.10 Å². The summed E-state index contributed by atoms with van der Waals surface area (Å²) in [6.45, 7) is 4.24. The minimum absolute atomic E-state index is 0.370. The zero-order valence-corrected chi connectivity index (χ0v) is 9.03. The molecule has 0 saturated heterocycles. The van der Waals surface area contributed by atoms with Crippen molar-refractivity contribution >= 4 is 5.97 Å². The van der Waals surface area contributed by atoms with E-state index in [0.717, 1.165) is 19.3 Å². The Morgan fingerprint density at radius 1 is 1.43 bits per heavy atom. The van der Waals surface area contributed by atoms with Crippen molar-refractivity contribution in [1.82, 2.24) is 0 Å². The van der Waals surface area contributed by atoms with Gasteiger partial charge in [0, 0.05) is 6.08 Å². The molecular formula is C11H20O3. The summed E-state index contributed by atoms with van der Waals surface area (Å²) < 4.78 is 4.68. The van der Waals surface area contributed by atoms with Crippen LogP contribution in [0.5, 0.6) is 0 Å². The molecule has 0 aliphatic carbocycles. The number of aliphatic hydroxyl groups excluding tert-OH is 1. The van der Waals surface area contributed by atoms with E-state index in [-0.39, 0.29) is 5.97 Å². The number of rotatable bonds is 7. The summed E-state index contributed by atoms with van der Waals surface area (Å²) in [7, 11) is 0. The van der Waals surface area contributed by atoms with Crippen LogP contribution in [0.3, 0.4) is 0 Å². The van der Waals surface area contributed by atoms with Crippen LogP contribution >= 0.6 is 0 Å². The fraction of sp³-hybridized carbons (Fsp3) is 0.727. The summed E-state index contributed by atoms with van der Waals surface area (Å²) in [4.78, 5) is 10.9. The van der Waals surface area contributed by atoms with Crippen molar-refractivity contribution in [1.29, 1.82) is 0 Å². The monoisotopic (exact) mass is 200 g/mol. The third-order valence-electron chi connectivity index (χ3n) is 1.84. The largest absolute Gasteiger partial charge is 0.463 e. The summed E-state index contributed by atoms with van der Waals surface area (Å²) in [6.07, 6.45) is 6.21. The Morgan fingerprint density at radius 3 is 2.71 bits per heavy atom. The Bertz CT molecular complexity index is 175. The number of hydrogen-bond acceptors (Lipinski definition) is 3. The van der Waals surface area contributed by atoms with Gasteiger partial charge in [0.1, 0.15) is 0 Å². The molecule has 0 radical (unpaired) electrons. The van der Waals surface area contributed by atoms with Gasteiger partial charge in [-0.3, -0.25) is 0 Å². The fourth-order valence-electron chi connectivity index (χ4n) is 1.08. The van der Waals surface area contributed by atoms with Crippen LogP contribution in [-0.4, -0.2) is 23.8 Å². The van der Waals surface area contributed by atoms with E-state index in [4.69, 9.17) is 0 Å². The maximum absolute atomic E-state index is 10.9. The molecule has 0 saturated carbocycles. The van der Waals surface area contributed by atoms with Gasteiger partial charge in [-0.1, -0.05) is 26.2 Å². The highest BCUT2D eigenvalue weighted by molar-refractivity contribution is 5.81. The molecule has 0 aliphatic rings. The Kier molecular flexibility index (Phi) is 8.24. The maximum atomic E-state index is 10.9. The van der Waals surface area contributed by atoms with E-state index in [1.807, 2.05) is 0 Å². The summed E-state index contributed by atoms with van der Waals surface area (Å²) in [5, 5.41) is 9.40. The number of ether oxygens (including phenoxy) is 1. The highest BCUT2D eigenvalue weighted by Crippen LogP contribution is 2.04. The highest BCUT2D eigenvalue weighted by Gasteiger charge is 2.00. The number of hydrogen-bond donors (Lipinski definition) is 1. The second kappa shape index (κ2) is 8.75. The average molecular weight is 200 g/mol. The third kappa shape index (κ3) is 7.80. The first-order valence-electron chi connectivity index (χ1n) is 5.23. The van der Waals surface area contributed by atoms with Gasteiger partial charge in [-0.15, -0.1) is 0 Å². The lowest BCUT2D eigenvalue weighted by molar-refractivity contribution is -0.137. The van der Waals surface area contributed by atoms with Crippen LogP contribution in [-0.2, 0) is 9.53 Å². The maximum Gasteiger partial charge on any atom is 0.330 e. The molecule has 0 aromatic heterocycles. The molecule has 0 aromatic rings. The molecule has 0 fully saturated rings. The van der Waals surface area contributed by atoms with E-state index in [1.54, 1.807) is 6.92 Å². The van der Waals surface area contributed by atoms with Crippen molar-refractivity contribution in [3.8, 4) is 0 Å². The molecule has 1 N–H and O–H groups in total. The van der Waals surface area contributed by atoms with Crippen LogP contribution < -0.4 is 0 Å². The minimum Gasteiger partial charge on any atom is -0.463 e. The second-order valence-electron chi connectivity index (χ2n) is 3.17. The lowest BCUT2D eigenvalue weighted by atomic mass is 10.1. The molecule has 3 nitrogen and oxygen atoms in total. The quantitative estimate of drug-likeness (QED) is 0.388. The molecule has 82 valence electrons. The van der Waals surface area contributed by atoms with Crippen molar-refractivity contribution in [2.45, 2.75) is 45.6 Å². The summed E-state index contributed by atoms with van der Waals surface area (Å²) >= 11 is 0. The SMILES string of the molecule is CCCCC[C@@H](O)/C=C/C(=O)OCC. The van der Waals surface area contributed by atoms with E-state index in [0.29, 0.717) is 13.0 Å². The smallest absolute Gasteiger partial charge is 0.330 e. The van der Waals surface area contributed by atoms with Gasteiger partial charge in [0.15, 0.2) is 0 Å². The lowest BCUT2D eigenvalue weighted by Gasteiger charge is -2.03. The third-order valence-corrected chi connectivity index (χ3v) is 1.84. The number of carbonyl (C=O) groups excluding carboxylic acids is 1. The number of carbonyl (C=O) groups is 1. The zero-order chi connectivity index (χ0) is 10.8. The Balaban J connectivity index is 3.58. The summed E-state index contributed by atoms with van der Waals surface area (Å²) in [5.74, 6) is -0.387. The molecule has 0 spiro atoms. The van der Waals surface area contributed by atoms with Crippen LogP contribution in [0.1, 0.15) is 39.5 Å². The van der Waals surface area contributed by atoms with Crippen molar-refractivity contribution in [2.24, 2.45) is 0 Å². The predicted octanol–water partition coefficient (Wildman–Crippen LogP) is 2.05. The van der Waals surface area contributed by atoms with Crippen molar-refractivity contribution in [3.05, 3.63) is 12.2 Å². The van der Waals surface area contributed by atoms with E-state index in [2.05, 4.69) is 11.7 Å². The Morgan fingerprint density at radius 2 is 2.14 bits per heavy atom. The molecule has 3 heteroatoms. The van der Waals surface area contributed by atoms with Gasteiger partial charge >= 0.3 is 5.97 Å². The van der Waals surface area contributed by atoms with Gasteiger partial charge < -0.3 is 9.84 Å². The van der Waals surface area contributed by atoms with Crippen molar-refractivity contribution in [2.75, 3.05) is 6.61 Å². The van der Waals surface area contributed by atoms with E-state index in [9.17, 15) is 9.90 Å². The Labute approximate surface area is 85.8 Å². The summed E-state index contributed by atoms with van der Waals surface area (Å²) in [5.41, 5.74) is 0. The van der Waals surface area contributed by atoms with Crippen LogP contribution in [0.2, 0.25) is 0 Å². The Hall–Kier alpha value is -0.830. The van der Waals surface area contributed by atoms with Crippen LogP contribution in [0.4, 0.5) is 0 Å². The van der Waals surface area contributed by atoms with Gasteiger partial charge in [0.05, 0.1) is 12.7 Å². The molecule has 1 atom stereocenters. The first-order valence-corrected chi connectivity index (χ1v) is 5.23. The number of esters is 1. The lowest BCUT2D eigenvalue weighted by Crippen LogP contribution is -2.05. The molecule has 0 bridgehead atoms. The van der Waals surface area contributed by atoms with Crippen LogP contribution in [0, 0.1) is 0 Å². The molecule has 14 heavy (non-hydrogen) atoms. The van der Waals surface area contributed by atoms with Gasteiger partial charge in [-0.2, -0.15) is 0 Å². The molecular weight excluding hydrogens is 180 g/mol. The summed E-state index contributed by atoms with van der Waals surface area (Å²) in [6, 6.07) is 0. The van der Waals surface area contributed by atoms with Gasteiger partial charge in [0.2, 0.25) is 0 Å². The first kappa shape index (κ1) is 13.2. The minimum atomic E-state index is -0.522. The predicted molar refractivity (Wildman–Crippen MR) is 55.9 cm³/mol. The zero-order valence-electron chi connectivity index (χ0n) is 9.03. The molecule has 0 aliphatic heterocycles. The van der Waals surface area contributed by atoms with E-state index in [1.165, 1.54) is 12.2 Å². The van der Waals surface area contributed by atoms with Gasteiger partial charge in [-0.25, -0.2) is 4.79 Å². The van der Waals surface area contributed by atoms with E-state index >= 15 is 0 Å². The second-order valence-corrected chi connectivity index (χ2v) is 3.17. The molecule has 0 amide bonds. The molecule has 0 rings (SSSR count). The highest BCUT2D eigenvalue weighted by atomic mass is 16.5. The van der Waals surface area contributed by atoms with Gasteiger partial charge in [-0.05, 0) is 19.4 Å². The van der Waals surface area contributed by atoms with Crippen LogP contribution in [0.15, 0.2) is 12.2 Å². The first-order chi connectivity index (χ1) is 6.70. The molecule has 0 aromatic carbocycles.